The Morgan fingerprint density at radius 2 is 1.87 bits per heavy atom. The number of halogens is 2. The predicted octanol–water partition coefficient (Wildman–Crippen LogP) is 6.59. The third kappa shape index (κ3) is 6.46. The van der Waals surface area contributed by atoms with Crippen LogP contribution in [0.3, 0.4) is 0 Å². The molecule has 194 valence electrons. The number of thiocarbonyl (C=S) groups is 1. The van der Waals surface area contributed by atoms with Crippen molar-refractivity contribution in [1.29, 1.82) is 5.26 Å². The van der Waals surface area contributed by atoms with Gasteiger partial charge in [-0.05, 0) is 60.9 Å². The van der Waals surface area contributed by atoms with Gasteiger partial charge >= 0.3 is 0 Å². The molecule has 0 amide bonds. The third-order valence-electron chi connectivity index (χ3n) is 6.33. The van der Waals surface area contributed by atoms with Crippen molar-refractivity contribution in [2.75, 3.05) is 18.6 Å². The zero-order chi connectivity index (χ0) is 27.1. The van der Waals surface area contributed by atoms with Gasteiger partial charge in [0.15, 0.2) is 0 Å². The number of nitriles is 1. The summed E-state index contributed by atoms with van der Waals surface area (Å²) in [5, 5.41) is 9.94. The number of ether oxygens (including phenoxy) is 1. The molecule has 0 saturated heterocycles. The summed E-state index contributed by atoms with van der Waals surface area (Å²) in [6.07, 6.45) is 5.32. The van der Waals surface area contributed by atoms with Gasteiger partial charge in [-0.1, -0.05) is 59.7 Å². The number of rotatable bonds is 11. The van der Waals surface area contributed by atoms with Gasteiger partial charge < -0.3 is 19.9 Å². The van der Waals surface area contributed by atoms with E-state index in [9.17, 15) is 0 Å². The molecule has 38 heavy (non-hydrogen) atoms. The van der Waals surface area contributed by atoms with Gasteiger partial charge in [0.2, 0.25) is 0 Å². The Bertz CT molecular complexity index is 1430. The largest absolute Gasteiger partial charge is 0.497 e. The standard InChI is InChI=1S/C29H27Cl2N5OS/c1-37-24-13-11-22(12-14-24)36(28(29(33)38)25-5-2-6-26(30)27(25)31)15-3-4-23-17-34-19-35(23)18-21-9-7-20(16-32)8-10-21/h2,5-14,17,19,28H,3-4,15,18H2,1H3,(H2,33,38). The summed E-state index contributed by atoms with van der Waals surface area (Å²) < 4.78 is 7.47. The summed E-state index contributed by atoms with van der Waals surface area (Å²) in [7, 11) is 1.64. The van der Waals surface area contributed by atoms with E-state index >= 15 is 0 Å². The average molecular weight is 565 g/mol. The maximum Gasteiger partial charge on any atom is 0.119 e. The lowest BCUT2D eigenvalue weighted by Crippen LogP contribution is -2.38. The number of imidazole rings is 1. The summed E-state index contributed by atoms with van der Waals surface area (Å²) in [6, 6.07) is 22.6. The Labute approximate surface area is 238 Å². The second-order valence-electron chi connectivity index (χ2n) is 8.76. The molecule has 0 spiro atoms. The first-order valence-corrected chi connectivity index (χ1v) is 13.2. The number of aromatic nitrogens is 2. The minimum absolute atomic E-state index is 0.302. The van der Waals surface area contributed by atoms with E-state index in [0.29, 0.717) is 33.7 Å². The average Bonchev–Trinajstić information content (AvgIpc) is 3.37. The zero-order valence-corrected chi connectivity index (χ0v) is 23.2. The molecular weight excluding hydrogens is 537 g/mol. The molecule has 0 fully saturated rings. The Morgan fingerprint density at radius 1 is 1.13 bits per heavy atom. The summed E-state index contributed by atoms with van der Waals surface area (Å²) in [4.78, 5) is 6.82. The molecular formula is C29H27Cl2N5OS. The van der Waals surface area contributed by atoms with Crippen LogP contribution < -0.4 is 15.4 Å². The summed E-state index contributed by atoms with van der Waals surface area (Å²) in [5.74, 6) is 0.757. The normalized spacial score (nSPS) is 11.5. The molecule has 9 heteroatoms. The lowest BCUT2D eigenvalue weighted by Gasteiger charge is -2.34. The highest BCUT2D eigenvalue weighted by molar-refractivity contribution is 7.80. The van der Waals surface area contributed by atoms with Gasteiger partial charge in [0.05, 0.1) is 35.1 Å². The maximum atomic E-state index is 9.05. The van der Waals surface area contributed by atoms with E-state index in [1.165, 1.54) is 0 Å². The van der Waals surface area contributed by atoms with Crippen LogP contribution in [0, 0.1) is 11.3 Å². The minimum atomic E-state index is -0.451. The monoisotopic (exact) mass is 563 g/mol. The quantitative estimate of drug-likeness (QED) is 0.207. The molecule has 0 aliphatic carbocycles. The number of aryl methyl sites for hydroxylation is 1. The highest BCUT2D eigenvalue weighted by atomic mass is 35.5. The van der Waals surface area contributed by atoms with Crippen molar-refractivity contribution in [1.82, 2.24) is 9.55 Å². The molecule has 0 aliphatic heterocycles. The van der Waals surface area contributed by atoms with Gasteiger partial charge in [-0.25, -0.2) is 4.98 Å². The van der Waals surface area contributed by atoms with E-state index in [0.717, 1.165) is 41.1 Å². The Morgan fingerprint density at radius 3 is 2.53 bits per heavy atom. The van der Waals surface area contributed by atoms with E-state index in [1.54, 1.807) is 13.2 Å². The molecule has 6 nitrogen and oxygen atoms in total. The van der Waals surface area contributed by atoms with Crippen LogP contribution in [-0.4, -0.2) is 28.2 Å². The lowest BCUT2D eigenvalue weighted by molar-refractivity contribution is 0.415. The second kappa shape index (κ2) is 12.8. The highest BCUT2D eigenvalue weighted by Crippen LogP contribution is 2.36. The van der Waals surface area contributed by atoms with Crippen LogP contribution in [0.25, 0.3) is 0 Å². The number of hydrogen-bond acceptors (Lipinski definition) is 5. The van der Waals surface area contributed by atoms with Crippen LogP contribution in [0.1, 0.15) is 34.8 Å². The Balaban J connectivity index is 1.57. The topological polar surface area (TPSA) is 80.1 Å². The van der Waals surface area contributed by atoms with Crippen LogP contribution in [-0.2, 0) is 13.0 Å². The van der Waals surface area contributed by atoms with E-state index in [1.807, 2.05) is 73.2 Å². The van der Waals surface area contributed by atoms with Crippen LogP contribution in [0.5, 0.6) is 5.75 Å². The molecule has 1 heterocycles. The van der Waals surface area contributed by atoms with Crippen molar-refractivity contribution in [2.24, 2.45) is 5.73 Å². The zero-order valence-electron chi connectivity index (χ0n) is 20.8. The second-order valence-corrected chi connectivity index (χ2v) is 10.0. The molecule has 0 bridgehead atoms. The summed E-state index contributed by atoms with van der Waals surface area (Å²) in [6.45, 7) is 1.33. The lowest BCUT2D eigenvalue weighted by atomic mass is 10.0. The molecule has 4 rings (SSSR count). The van der Waals surface area contributed by atoms with Crippen molar-refractivity contribution in [3.8, 4) is 11.8 Å². The fourth-order valence-electron chi connectivity index (χ4n) is 4.40. The highest BCUT2D eigenvalue weighted by Gasteiger charge is 2.26. The Kier molecular flexibility index (Phi) is 9.24. The first-order chi connectivity index (χ1) is 18.4. The molecule has 0 radical (unpaired) electrons. The minimum Gasteiger partial charge on any atom is -0.497 e. The fourth-order valence-corrected chi connectivity index (χ4v) is 5.06. The number of hydrogen-bond donors (Lipinski definition) is 1. The van der Waals surface area contributed by atoms with Crippen LogP contribution in [0.2, 0.25) is 10.0 Å². The van der Waals surface area contributed by atoms with Gasteiger partial charge in [0.25, 0.3) is 0 Å². The first kappa shape index (κ1) is 27.5. The van der Waals surface area contributed by atoms with Crippen molar-refractivity contribution >= 4 is 46.1 Å². The molecule has 1 atom stereocenters. The summed E-state index contributed by atoms with van der Waals surface area (Å²) in [5.41, 5.74) is 10.9. The number of nitrogens with zero attached hydrogens (tertiary/aromatic N) is 4. The SMILES string of the molecule is COc1ccc(N(CCCc2cncn2Cc2ccc(C#N)cc2)C(C(N)=S)c2cccc(Cl)c2Cl)cc1. The van der Waals surface area contributed by atoms with Crippen molar-refractivity contribution < 1.29 is 4.74 Å². The number of nitrogens with two attached hydrogens (primary N) is 1. The summed E-state index contributed by atoms with van der Waals surface area (Å²) >= 11 is 18.5. The molecule has 0 aliphatic rings. The van der Waals surface area contributed by atoms with Crippen LogP contribution in [0.15, 0.2) is 79.3 Å². The molecule has 2 N–H and O–H groups in total. The van der Waals surface area contributed by atoms with Gasteiger partial charge in [0, 0.05) is 36.2 Å². The smallest absolute Gasteiger partial charge is 0.119 e. The van der Waals surface area contributed by atoms with Gasteiger partial charge in [-0.2, -0.15) is 5.26 Å². The molecule has 1 aromatic heterocycles. The molecule has 0 saturated carbocycles. The maximum absolute atomic E-state index is 9.05. The number of benzene rings is 3. The van der Waals surface area contributed by atoms with Crippen molar-refractivity contribution in [3.05, 3.63) is 112 Å². The predicted molar refractivity (Wildman–Crippen MR) is 157 cm³/mol. The van der Waals surface area contributed by atoms with Crippen LogP contribution >= 0.6 is 35.4 Å². The van der Waals surface area contributed by atoms with Gasteiger partial charge in [0.1, 0.15) is 16.8 Å². The fraction of sp³-hybridized carbons (Fsp3) is 0.207. The number of anilines is 1. The van der Waals surface area contributed by atoms with Crippen molar-refractivity contribution in [2.45, 2.75) is 25.4 Å². The van der Waals surface area contributed by atoms with Crippen LogP contribution in [0.4, 0.5) is 5.69 Å². The first-order valence-electron chi connectivity index (χ1n) is 12.0. The molecule has 4 aromatic rings. The van der Waals surface area contributed by atoms with E-state index in [2.05, 4.69) is 20.5 Å². The van der Waals surface area contributed by atoms with E-state index in [-0.39, 0.29) is 0 Å². The molecule has 1 unspecified atom stereocenters. The van der Waals surface area contributed by atoms with E-state index in [4.69, 9.17) is 51.2 Å². The number of methoxy groups -OCH3 is 1. The van der Waals surface area contributed by atoms with Gasteiger partial charge in [-0.15, -0.1) is 0 Å². The molecule has 3 aromatic carbocycles. The van der Waals surface area contributed by atoms with E-state index < -0.39 is 6.04 Å². The Hall–Kier alpha value is -3.57. The van der Waals surface area contributed by atoms with Crippen molar-refractivity contribution in [3.63, 3.8) is 0 Å². The van der Waals surface area contributed by atoms with Gasteiger partial charge in [-0.3, -0.25) is 0 Å². The third-order valence-corrected chi connectivity index (χ3v) is 7.38.